The average molecular weight is 399 g/mol. The second-order valence-corrected chi connectivity index (χ2v) is 7.74. The molecule has 0 saturated carbocycles. The Balaban J connectivity index is 1.93. The number of carbonyl (C=O) groups is 1. The average Bonchev–Trinajstić information content (AvgIpc) is 2.70. The Bertz CT molecular complexity index is 782. The van der Waals surface area contributed by atoms with Crippen LogP contribution >= 0.6 is 0 Å². The Morgan fingerprint density at radius 3 is 1.93 bits per heavy atom. The van der Waals surface area contributed by atoms with Gasteiger partial charge >= 0.3 is 5.97 Å². The number of phenols is 2. The molecular weight excluding hydrogens is 364 g/mol. The number of benzene rings is 2. The van der Waals surface area contributed by atoms with Crippen LogP contribution in [0.15, 0.2) is 36.4 Å². The largest absolute Gasteiger partial charge is 0.508 e. The second kappa shape index (κ2) is 12.2. The van der Waals surface area contributed by atoms with Crippen molar-refractivity contribution in [3.8, 4) is 22.6 Å². The molecular formula is C25H34O4. The van der Waals surface area contributed by atoms with Crippen LogP contribution in [0.4, 0.5) is 0 Å². The van der Waals surface area contributed by atoms with E-state index in [-0.39, 0.29) is 17.1 Å². The topological polar surface area (TPSA) is 77.8 Å². The summed E-state index contributed by atoms with van der Waals surface area (Å²) in [6.45, 7) is 2.24. The van der Waals surface area contributed by atoms with Gasteiger partial charge in [0.05, 0.1) is 0 Å². The molecule has 0 saturated heterocycles. The number of phenolic OH excluding ortho intramolecular Hbond substituents is 1. The number of para-hydroxylation sites is 1. The molecule has 0 aliphatic carbocycles. The van der Waals surface area contributed by atoms with E-state index >= 15 is 0 Å². The first-order valence-electron chi connectivity index (χ1n) is 10.9. The van der Waals surface area contributed by atoms with Gasteiger partial charge in [-0.15, -0.1) is 0 Å². The summed E-state index contributed by atoms with van der Waals surface area (Å²) in [6.07, 6.45) is 13.1. The van der Waals surface area contributed by atoms with Crippen LogP contribution in [-0.2, 0) is 6.42 Å². The lowest BCUT2D eigenvalue weighted by Gasteiger charge is -2.14. The molecule has 0 heterocycles. The Kier molecular flexibility index (Phi) is 9.55. The van der Waals surface area contributed by atoms with E-state index in [0.29, 0.717) is 17.5 Å². The predicted molar refractivity (Wildman–Crippen MR) is 118 cm³/mol. The first-order chi connectivity index (χ1) is 14.1. The summed E-state index contributed by atoms with van der Waals surface area (Å²) in [6, 6.07) is 9.89. The predicted octanol–water partition coefficient (Wildman–Crippen LogP) is 6.93. The molecule has 0 bridgehead atoms. The number of hydrogen-bond acceptors (Lipinski definition) is 3. The fourth-order valence-corrected chi connectivity index (χ4v) is 3.81. The van der Waals surface area contributed by atoms with E-state index in [1.807, 2.05) is 6.07 Å². The van der Waals surface area contributed by atoms with Crippen LogP contribution in [0.5, 0.6) is 11.5 Å². The minimum atomic E-state index is -1.17. The Labute approximate surface area is 174 Å². The molecule has 2 rings (SSSR count). The molecule has 2 aromatic carbocycles. The highest BCUT2D eigenvalue weighted by atomic mass is 16.4. The van der Waals surface area contributed by atoms with Gasteiger partial charge in [0.25, 0.3) is 0 Å². The maximum atomic E-state index is 11.3. The van der Waals surface area contributed by atoms with E-state index < -0.39 is 5.97 Å². The minimum Gasteiger partial charge on any atom is -0.508 e. The fraction of sp³-hybridized carbons (Fsp3) is 0.480. The number of carboxylic acids is 1. The first-order valence-corrected chi connectivity index (χ1v) is 10.9. The quantitative estimate of drug-likeness (QED) is 0.320. The molecule has 3 N–H and O–H groups in total. The first kappa shape index (κ1) is 22.8. The highest BCUT2D eigenvalue weighted by molar-refractivity contribution is 5.94. The normalized spacial score (nSPS) is 10.9. The number of aromatic carboxylic acids is 1. The third-order valence-corrected chi connectivity index (χ3v) is 5.49. The lowest BCUT2D eigenvalue weighted by molar-refractivity contribution is 0.0694. The SMILES string of the molecule is CCCCCCCCCCCCc1c(O)cccc1-c1cccc(C(=O)O)c1O. The third kappa shape index (κ3) is 6.81. The Morgan fingerprint density at radius 1 is 0.759 bits per heavy atom. The fourth-order valence-electron chi connectivity index (χ4n) is 3.81. The second-order valence-electron chi connectivity index (χ2n) is 7.74. The number of unbranched alkanes of at least 4 members (excludes halogenated alkanes) is 9. The summed E-state index contributed by atoms with van der Waals surface area (Å²) in [5.74, 6) is -1.23. The van der Waals surface area contributed by atoms with Crippen molar-refractivity contribution < 1.29 is 20.1 Å². The molecule has 0 fully saturated rings. The third-order valence-electron chi connectivity index (χ3n) is 5.49. The zero-order chi connectivity index (χ0) is 21.1. The Morgan fingerprint density at radius 2 is 1.31 bits per heavy atom. The molecule has 0 aliphatic heterocycles. The molecule has 4 heteroatoms. The maximum Gasteiger partial charge on any atom is 0.339 e. The van der Waals surface area contributed by atoms with E-state index in [9.17, 15) is 20.1 Å². The van der Waals surface area contributed by atoms with Crippen molar-refractivity contribution in [3.05, 3.63) is 47.5 Å². The van der Waals surface area contributed by atoms with Crippen molar-refractivity contribution in [2.75, 3.05) is 0 Å². The van der Waals surface area contributed by atoms with E-state index in [1.165, 1.54) is 57.4 Å². The van der Waals surface area contributed by atoms with Crippen LogP contribution in [0.1, 0.15) is 87.1 Å². The van der Waals surface area contributed by atoms with E-state index in [1.54, 1.807) is 24.3 Å². The van der Waals surface area contributed by atoms with Crippen LogP contribution in [0.3, 0.4) is 0 Å². The van der Waals surface area contributed by atoms with Gasteiger partial charge in [-0.3, -0.25) is 0 Å². The van der Waals surface area contributed by atoms with Crippen molar-refractivity contribution in [1.82, 2.24) is 0 Å². The summed E-state index contributed by atoms with van der Waals surface area (Å²) in [4.78, 5) is 11.3. The van der Waals surface area contributed by atoms with E-state index in [0.717, 1.165) is 18.4 Å². The maximum absolute atomic E-state index is 11.3. The van der Waals surface area contributed by atoms with Gasteiger partial charge in [-0.1, -0.05) is 89.0 Å². The van der Waals surface area contributed by atoms with Gasteiger partial charge in [-0.25, -0.2) is 4.79 Å². The zero-order valence-electron chi connectivity index (χ0n) is 17.5. The molecule has 2 aromatic rings. The molecule has 0 spiro atoms. The Hall–Kier alpha value is -2.49. The molecule has 29 heavy (non-hydrogen) atoms. The van der Waals surface area contributed by atoms with Crippen LogP contribution in [0, 0.1) is 0 Å². The number of rotatable bonds is 13. The van der Waals surface area contributed by atoms with Crippen molar-refractivity contribution in [1.29, 1.82) is 0 Å². The van der Waals surface area contributed by atoms with Crippen molar-refractivity contribution in [2.45, 2.75) is 77.6 Å². The molecule has 0 atom stereocenters. The highest BCUT2D eigenvalue weighted by Crippen LogP contribution is 2.38. The van der Waals surface area contributed by atoms with Gasteiger partial charge in [0.2, 0.25) is 0 Å². The standard InChI is InChI=1S/C25H34O4/c1-2-3-4-5-6-7-8-9-10-11-14-20-19(15-13-18-23(20)26)21-16-12-17-22(24(21)27)25(28)29/h12-13,15-18,26-27H,2-11,14H2,1H3,(H,28,29). The van der Waals surface area contributed by atoms with Crippen LogP contribution in [0.2, 0.25) is 0 Å². The van der Waals surface area contributed by atoms with Gasteiger partial charge < -0.3 is 15.3 Å². The number of aromatic hydroxyl groups is 2. The van der Waals surface area contributed by atoms with Crippen LogP contribution in [-0.4, -0.2) is 21.3 Å². The molecule has 0 aliphatic rings. The highest BCUT2D eigenvalue weighted by Gasteiger charge is 2.17. The number of carboxylic acid groups (broad SMARTS) is 1. The van der Waals surface area contributed by atoms with Gasteiger partial charge in [0, 0.05) is 11.1 Å². The van der Waals surface area contributed by atoms with E-state index in [4.69, 9.17) is 0 Å². The van der Waals surface area contributed by atoms with Crippen LogP contribution < -0.4 is 0 Å². The van der Waals surface area contributed by atoms with Gasteiger partial charge in [-0.05, 0) is 30.5 Å². The smallest absolute Gasteiger partial charge is 0.339 e. The summed E-state index contributed by atoms with van der Waals surface area (Å²) < 4.78 is 0. The number of hydrogen-bond donors (Lipinski definition) is 3. The summed E-state index contributed by atoms with van der Waals surface area (Å²) in [5.41, 5.74) is 1.78. The lowest BCUT2D eigenvalue weighted by atomic mass is 9.93. The molecule has 0 amide bonds. The summed E-state index contributed by atoms with van der Waals surface area (Å²) in [7, 11) is 0. The monoisotopic (exact) mass is 398 g/mol. The lowest BCUT2D eigenvalue weighted by Crippen LogP contribution is -1.99. The van der Waals surface area contributed by atoms with Gasteiger partial charge in [0.1, 0.15) is 17.1 Å². The summed E-state index contributed by atoms with van der Waals surface area (Å²) in [5, 5.41) is 30.0. The van der Waals surface area contributed by atoms with Crippen molar-refractivity contribution >= 4 is 5.97 Å². The van der Waals surface area contributed by atoms with E-state index in [2.05, 4.69) is 6.92 Å². The van der Waals surface area contributed by atoms with Crippen LogP contribution in [0.25, 0.3) is 11.1 Å². The van der Waals surface area contributed by atoms with Gasteiger partial charge in [-0.2, -0.15) is 0 Å². The van der Waals surface area contributed by atoms with Crippen molar-refractivity contribution in [3.63, 3.8) is 0 Å². The molecule has 0 radical (unpaired) electrons. The molecule has 0 aromatic heterocycles. The molecule has 158 valence electrons. The van der Waals surface area contributed by atoms with Crippen molar-refractivity contribution in [2.24, 2.45) is 0 Å². The minimum absolute atomic E-state index is 0.129. The molecule has 0 unspecified atom stereocenters. The van der Waals surface area contributed by atoms with Gasteiger partial charge in [0.15, 0.2) is 0 Å². The zero-order valence-corrected chi connectivity index (χ0v) is 17.5. The summed E-state index contributed by atoms with van der Waals surface area (Å²) >= 11 is 0. The molecule has 4 nitrogen and oxygen atoms in total.